The number of nitrogens with zero attached hydrogens (tertiary/aromatic N) is 2. The van der Waals surface area contributed by atoms with Crippen LogP contribution in [0.1, 0.15) is 26.3 Å². The molecule has 6 nitrogen and oxygen atoms in total. The molecule has 0 unspecified atom stereocenters. The number of imide groups is 1. The summed E-state index contributed by atoms with van der Waals surface area (Å²) in [4.78, 5) is 40.1. The van der Waals surface area contributed by atoms with Crippen LogP contribution >= 0.6 is 12.4 Å². The van der Waals surface area contributed by atoms with Crippen molar-refractivity contribution >= 4 is 30.1 Å². The second kappa shape index (κ2) is 9.30. The van der Waals surface area contributed by atoms with Crippen molar-refractivity contribution in [2.24, 2.45) is 5.73 Å². The molecule has 3 rings (SSSR count). The molecule has 0 aromatic heterocycles. The maximum Gasteiger partial charge on any atom is 0.262 e. The van der Waals surface area contributed by atoms with Crippen LogP contribution in [0.3, 0.4) is 0 Å². The molecule has 2 aromatic carbocycles. The van der Waals surface area contributed by atoms with E-state index in [1.165, 1.54) is 0 Å². The Balaban J connectivity index is 0.00000261. The van der Waals surface area contributed by atoms with Gasteiger partial charge in [0.1, 0.15) is 6.54 Å². The van der Waals surface area contributed by atoms with Crippen molar-refractivity contribution in [3.05, 3.63) is 71.3 Å². The van der Waals surface area contributed by atoms with Gasteiger partial charge in [0.2, 0.25) is 5.91 Å². The largest absolute Gasteiger partial charge is 0.340 e. The molecular weight excluding hydrogens is 366 g/mol. The van der Waals surface area contributed by atoms with Gasteiger partial charge in [-0.15, -0.1) is 12.4 Å². The van der Waals surface area contributed by atoms with Crippen LogP contribution in [0.5, 0.6) is 0 Å². The maximum atomic E-state index is 12.7. The number of hydrogen-bond acceptors (Lipinski definition) is 4. The molecule has 0 aliphatic carbocycles. The second-order valence-corrected chi connectivity index (χ2v) is 6.15. The molecule has 0 fully saturated rings. The molecule has 1 aliphatic rings. The van der Waals surface area contributed by atoms with Gasteiger partial charge in [0.15, 0.2) is 0 Å². The highest BCUT2D eigenvalue weighted by Gasteiger charge is 2.36. The Bertz CT molecular complexity index is 791. The first-order valence-corrected chi connectivity index (χ1v) is 8.59. The van der Waals surface area contributed by atoms with Gasteiger partial charge < -0.3 is 10.6 Å². The number of amides is 3. The van der Waals surface area contributed by atoms with Crippen LogP contribution in [0.15, 0.2) is 54.6 Å². The molecule has 2 aromatic rings. The molecule has 0 saturated heterocycles. The van der Waals surface area contributed by atoms with E-state index in [9.17, 15) is 14.4 Å². The Hall–Kier alpha value is -2.70. The number of nitrogens with two attached hydrogens (primary N) is 1. The van der Waals surface area contributed by atoms with E-state index >= 15 is 0 Å². The van der Waals surface area contributed by atoms with E-state index in [0.29, 0.717) is 37.2 Å². The van der Waals surface area contributed by atoms with Crippen molar-refractivity contribution in [1.82, 2.24) is 9.80 Å². The second-order valence-electron chi connectivity index (χ2n) is 6.15. The van der Waals surface area contributed by atoms with Gasteiger partial charge in [-0.25, -0.2) is 0 Å². The lowest BCUT2D eigenvalue weighted by molar-refractivity contribution is -0.131. The van der Waals surface area contributed by atoms with E-state index in [0.717, 1.165) is 10.5 Å². The number of carbonyl (C=O) groups is 3. The van der Waals surface area contributed by atoms with Gasteiger partial charge in [0, 0.05) is 19.6 Å². The minimum Gasteiger partial charge on any atom is -0.340 e. The summed E-state index contributed by atoms with van der Waals surface area (Å²) in [5.74, 6) is -1.12. The average molecular weight is 388 g/mol. The first kappa shape index (κ1) is 20.6. The van der Waals surface area contributed by atoms with Crippen LogP contribution in [0.2, 0.25) is 0 Å². The fraction of sp³-hybridized carbons (Fsp3) is 0.250. The van der Waals surface area contributed by atoms with Gasteiger partial charge in [-0.1, -0.05) is 42.5 Å². The Morgan fingerprint density at radius 2 is 1.44 bits per heavy atom. The van der Waals surface area contributed by atoms with E-state index < -0.39 is 11.8 Å². The van der Waals surface area contributed by atoms with Crippen molar-refractivity contribution in [3.63, 3.8) is 0 Å². The Morgan fingerprint density at radius 3 is 2.00 bits per heavy atom. The van der Waals surface area contributed by atoms with E-state index in [2.05, 4.69) is 0 Å². The van der Waals surface area contributed by atoms with E-state index in [4.69, 9.17) is 5.73 Å². The Kier molecular flexibility index (Phi) is 7.10. The molecule has 2 N–H and O–H groups in total. The summed E-state index contributed by atoms with van der Waals surface area (Å²) < 4.78 is 0. The Morgan fingerprint density at radius 1 is 0.889 bits per heavy atom. The van der Waals surface area contributed by atoms with Crippen LogP contribution in [-0.2, 0) is 11.2 Å². The highest BCUT2D eigenvalue weighted by molar-refractivity contribution is 6.22. The lowest BCUT2D eigenvalue weighted by atomic mass is 10.1. The number of halogens is 1. The number of rotatable bonds is 7. The van der Waals surface area contributed by atoms with Crippen LogP contribution in [0.25, 0.3) is 0 Å². The van der Waals surface area contributed by atoms with E-state index in [1.54, 1.807) is 29.2 Å². The molecule has 0 bridgehead atoms. The lowest BCUT2D eigenvalue weighted by Gasteiger charge is -2.24. The van der Waals surface area contributed by atoms with Gasteiger partial charge in [-0.05, 0) is 24.1 Å². The first-order chi connectivity index (χ1) is 12.6. The lowest BCUT2D eigenvalue weighted by Crippen LogP contribution is -2.45. The minimum absolute atomic E-state index is 0. The summed E-state index contributed by atoms with van der Waals surface area (Å²) in [7, 11) is 0. The fourth-order valence-corrected chi connectivity index (χ4v) is 3.04. The predicted molar refractivity (Wildman–Crippen MR) is 105 cm³/mol. The topological polar surface area (TPSA) is 83.7 Å². The van der Waals surface area contributed by atoms with Crippen LogP contribution in [0, 0.1) is 0 Å². The van der Waals surface area contributed by atoms with Gasteiger partial charge in [-0.3, -0.25) is 19.3 Å². The van der Waals surface area contributed by atoms with Crippen molar-refractivity contribution in [2.75, 3.05) is 26.2 Å². The normalized spacial score (nSPS) is 12.6. The van der Waals surface area contributed by atoms with Gasteiger partial charge in [-0.2, -0.15) is 0 Å². The highest BCUT2D eigenvalue weighted by Crippen LogP contribution is 2.22. The smallest absolute Gasteiger partial charge is 0.262 e. The summed E-state index contributed by atoms with van der Waals surface area (Å²) >= 11 is 0. The number of carbonyl (C=O) groups excluding carboxylic acids is 3. The van der Waals surface area contributed by atoms with Gasteiger partial charge in [0.25, 0.3) is 11.8 Å². The molecule has 3 amide bonds. The molecule has 0 spiro atoms. The molecule has 7 heteroatoms. The monoisotopic (exact) mass is 387 g/mol. The Labute approximate surface area is 164 Å². The number of hydrogen-bond donors (Lipinski definition) is 1. The quantitative estimate of drug-likeness (QED) is 0.733. The van der Waals surface area contributed by atoms with Crippen molar-refractivity contribution in [1.29, 1.82) is 0 Å². The predicted octanol–water partition coefficient (Wildman–Crippen LogP) is 1.73. The third kappa shape index (κ3) is 4.53. The molecule has 27 heavy (non-hydrogen) atoms. The first-order valence-electron chi connectivity index (χ1n) is 8.59. The summed E-state index contributed by atoms with van der Waals surface area (Å²) in [5.41, 5.74) is 7.43. The van der Waals surface area contributed by atoms with Crippen LogP contribution in [-0.4, -0.2) is 53.7 Å². The summed E-state index contributed by atoms with van der Waals surface area (Å²) in [6.45, 7) is 0.932. The van der Waals surface area contributed by atoms with Crippen LogP contribution < -0.4 is 5.73 Å². The SMILES string of the molecule is Cl.NCCN(CCc1ccccc1)C(=O)CN1C(=O)c2ccccc2C1=O. The zero-order valence-electron chi connectivity index (χ0n) is 14.8. The van der Waals surface area contributed by atoms with Crippen molar-refractivity contribution in [2.45, 2.75) is 6.42 Å². The zero-order valence-corrected chi connectivity index (χ0v) is 15.7. The molecule has 0 radical (unpaired) electrons. The highest BCUT2D eigenvalue weighted by atomic mass is 35.5. The third-order valence-electron chi connectivity index (χ3n) is 4.44. The summed E-state index contributed by atoms with van der Waals surface area (Å²) in [5, 5.41) is 0. The van der Waals surface area contributed by atoms with Crippen LogP contribution in [0.4, 0.5) is 0 Å². The van der Waals surface area contributed by atoms with Crippen molar-refractivity contribution in [3.8, 4) is 0 Å². The van der Waals surface area contributed by atoms with Gasteiger partial charge >= 0.3 is 0 Å². The maximum absolute atomic E-state index is 12.7. The van der Waals surface area contributed by atoms with E-state index in [-0.39, 0.29) is 24.9 Å². The van der Waals surface area contributed by atoms with E-state index in [1.807, 2.05) is 30.3 Å². The average Bonchev–Trinajstić information content (AvgIpc) is 2.91. The molecule has 0 atom stereocenters. The number of benzene rings is 2. The van der Waals surface area contributed by atoms with Crippen molar-refractivity contribution < 1.29 is 14.4 Å². The molecule has 0 saturated carbocycles. The minimum atomic E-state index is -0.422. The zero-order chi connectivity index (χ0) is 18.5. The molecule has 142 valence electrons. The fourth-order valence-electron chi connectivity index (χ4n) is 3.04. The molecule has 1 aliphatic heterocycles. The molecular formula is C20H22ClN3O3. The van der Waals surface area contributed by atoms with Gasteiger partial charge in [0.05, 0.1) is 11.1 Å². The number of fused-ring (bicyclic) bond motifs is 1. The third-order valence-corrected chi connectivity index (χ3v) is 4.44. The molecule has 1 heterocycles. The summed E-state index contributed by atoms with van der Waals surface area (Å²) in [6, 6.07) is 16.4. The summed E-state index contributed by atoms with van der Waals surface area (Å²) in [6.07, 6.45) is 0.689. The standard InChI is InChI=1S/C20H21N3O3.ClH/c21-11-13-22(12-10-15-6-2-1-3-7-15)18(24)14-23-19(25)16-8-4-5-9-17(16)20(23)26;/h1-9H,10-14,21H2;1H.